The van der Waals surface area contributed by atoms with E-state index in [-0.39, 0.29) is 23.0 Å². The van der Waals surface area contributed by atoms with E-state index in [0.717, 1.165) is 51.4 Å². The number of carbonyl (C=O) groups excluding carboxylic acids is 4. The summed E-state index contributed by atoms with van der Waals surface area (Å²) in [6.07, 6.45) is 8.61. The van der Waals surface area contributed by atoms with Crippen molar-refractivity contribution in [2.45, 2.75) is 107 Å². The Morgan fingerprint density at radius 1 is 0.479 bits per heavy atom. The number of esters is 4. The topological polar surface area (TPSA) is 105 Å². The Hall–Kier alpha value is -3.68. The van der Waals surface area contributed by atoms with Gasteiger partial charge in [0.25, 0.3) is 0 Å². The molecule has 2 rings (SSSR count). The molecule has 0 aliphatic rings. The van der Waals surface area contributed by atoms with E-state index in [1.807, 2.05) is 27.7 Å². The fraction of sp³-hybridized carbons (Fsp3) is 0.600. The van der Waals surface area contributed by atoms with Gasteiger partial charge in [-0.3, -0.25) is 0 Å². The van der Waals surface area contributed by atoms with Gasteiger partial charge in [-0.1, -0.05) is 118 Å². The van der Waals surface area contributed by atoms with Crippen LogP contribution in [0.25, 0.3) is 0 Å². The van der Waals surface area contributed by atoms with Gasteiger partial charge in [0.15, 0.2) is 0 Å². The van der Waals surface area contributed by atoms with E-state index in [4.69, 9.17) is 18.9 Å². The van der Waals surface area contributed by atoms with Crippen molar-refractivity contribution in [1.29, 1.82) is 0 Å². The smallest absolute Gasteiger partial charge is 0.339 e. The Kier molecular flexibility index (Phi) is 21.6. The minimum atomic E-state index is -0.490. The number of benzene rings is 2. The first-order valence-electron chi connectivity index (χ1n) is 17.8. The Balaban J connectivity index is 0.000000507. The second-order valence-corrected chi connectivity index (χ2v) is 13.1. The lowest BCUT2D eigenvalue weighted by atomic mass is 10.0. The van der Waals surface area contributed by atoms with Gasteiger partial charge in [-0.05, 0) is 60.8 Å². The maximum Gasteiger partial charge on any atom is 0.339 e. The van der Waals surface area contributed by atoms with Crippen molar-refractivity contribution < 1.29 is 38.1 Å². The third kappa shape index (κ3) is 16.4. The summed E-state index contributed by atoms with van der Waals surface area (Å²) in [5.74, 6) is -0.635. The molecule has 2 aromatic carbocycles. The van der Waals surface area contributed by atoms with Crippen molar-refractivity contribution in [1.82, 2.24) is 0 Å². The van der Waals surface area contributed by atoms with Crippen LogP contribution in [0.1, 0.15) is 148 Å². The number of ether oxygens (including phenoxy) is 4. The number of unbranched alkanes of at least 4 members (excludes halogenated alkanes) is 2. The zero-order valence-electron chi connectivity index (χ0n) is 30.7. The molecular weight excluding hydrogens is 608 g/mol. The van der Waals surface area contributed by atoms with Crippen LogP contribution in [0.15, 0.2) is 48.5 Å². The molecule has 0 amide bonds. The molecule has 0 fully saturated rings. The SMILES string of the molecule is CC(C)COC(=O)c1ccccc1C(=O)OCC(C)C.CCCCC(CC)COC(=O)c1ccccc1C(=O)OCC(CC)CCCC. The Labute approximate surface area is 289 Å². The van der Waals surface area contributed by atoms with Crippen LogP contribution in [0.2, 0.25) is 0 Å². The van der Waals surface area contributed by atoms with Crippen LogP contribution < -0.4 is 0 Å². The molecule has 2 atom stereocenters. The van der Waals surface area contributed by atoms with Crippen molar-refractivity contribution in [2.24, 2.45) is 23.7 Å². The lowest BCUT2D eigenvalue weighted by Gasteiger charge is -2.17. The Bertz CT molecular complexity index is 1140. The van der Waals surface area contributed by atoms with E-state index in [0.29, 0.717) is 49.4 Å². The molecule has 48 heavy (non-hydrogen) atoms. The van der Waals surface area contributed by atoms with Crippen molar-refractivity contribution in [3.63, 3.8) is 0 Å². The van der Waals surface area contributed by atoms with Crippen molar-refractivity contribution in [3.8, 4) is 0 Å². The molecule has 0 aromatic heterocycles. The molecule has 0 aliphatic heterocycles. The van der Waals surface area contributed by atoms with Crippen LogP contribution in [-0.4, -0.2) is 50.3 Å². The van der Waals surface area contributed by atoms with Crippen LogP contribution in [-0.2, 0) is 18.9 Å². The summed E-state index contributed by atoms with van der Waals surface area (Å²) in [6.45, 7) is 17.8. The molecule has 0 aliphatic carbocycles. The lowest BCUT2D eigenvalue weighted by molar-refractivity contribution is 0.0381. The average Bonchev–Trinajstić information content (AvgIpc) is 3.09. The maximum absolute atomic E-state index is 12.6. The minimum absolute atomic E-state index is 0.249. The van der Waals surface area contributed by atoms with Gasteiger partial charge in [0.05, 0.1) is 48.7 Å². The van der Waals surface area contributed by atoms with Crippen LogP contribution in [0.3, 0.4) is 0 Å². The zero-order chi connectivity index (χ0) is 35.9. The summed E-state index contributed by atoms with van der Waals surface area (Å²) in [5.41, 5.74) is 1.09. The minimum Gasteiger partial charge on any atom is -0.462 e. The Morgan fingerprint density at radius 2 is 0.750 bits per heavy atom. The number of rotatable bonds is 20. The van der Waals surface area contributed by atoms with Crippen LogP contribution in [0.5, 0.6) is 0 Å². The molecule has 0 bridgehead atoms. The summed E-state index contributed by atoms with van der Waals surface area (Å²) in [6, 6.07) is 13.3. The van der Waals surface area contributed by atoms with Crippen molar-refractivity contribution in [3.05, 3.63) is 70.8 Å². The summed E-state index contributed by atoms with van der Waals surface area (Å²) in [5, 5.41) is 0. The van der Waals surface area contributed by atoms with Gasteiger partial charge in [0.1, 0.15) is 0 Å². The summed E-state index contributed by atoms with van der Waals surface area (Å²) in [4.78, 5) is 49.1. The molecule has 8 nitrogen and oxygen atoms in total. The molecule has 0 saturated heterocycles. The van der Waals surface area contributed by atoms with Gasteiger partial charge >= 0.3 is 23.9 Å². The van der Waals surface area contributed by atoms with E-state index in [2.05, 4.69) is 27.7 Å². The predicted molar refractivity (Wildman–Crippen MR) is 190 cm³/mol. The normalized spacial score (nSPS) is 12.0. The van der Waals surface area contributed by atoms with E-state index >= 15 is 0 Å². The van der Waals surface area contributed by atoms with Crippen molar-refractivity contribution in [2.75, 3.05) is 26.4 Å². The van der Waals surface area contributed by atoms with Gasteiger partial charge in [0, 0.05) is 0 Å². The number of hydrogen-bond donors (Lipinski definition) is 0. The molecule has 2 unspecified atom stereocenters. The average molecular weight is 669 g/mol. The van der Waals surface area contributed by atoms with Crippen LogP contribution in [0.4, 0.5) is 0 Å². The standard InChI is InChI=1S/C24H38O4.C16H22O4/c1-5-9-13-19(7-3)17-27-23(25)21-15-11-12-16-22(21)24(26)28-18-20(8-4)14-10-6-2;1-11(2)9-19-15(17)13-7-5-6-8-14(13)16(18)20-10-12(3)4/h11-12,15-16,19-20H,5-10,13-14,17-18H2,1-4H3;5-8,11-12H,9-10H2,1-4H3. The lowest BCUT2D eigenvalue weighted by Crippen LogP contribution is -2.19. The highest BCUT2D eigenvalue weighted by atomic mass is 16.5. The number of hydrogen-bond acceptors (Lipinski definition) is 8. The van der Waals surface area contributed by atoms with Crippen LogP contribution in [0, 0.1) is 23.7 Å². The highest BCUT2D eigenvalue weighted by Crippen LogP contribution is 2.19. The first-order valence-corrected chi connectivity index (χ1v) is 17.8. The Morgan fingerprint density at radius 3 is 0.979 bits per heavy atom. The molecular formula is C40H60O8. The molecule has 0 saturated carbocycles. The molecule has 2 aromatic rings. The first-order chi connectivity index (χ1) is 23.0. The molecule has 0 N–H and O–H groups in total. The molecule has 8 heteroatoms. The summed E-state index contributed by atoms with van der Waals surface area (Å²) in [7, 11) is 0. The summed E-state index contributed by atoms with van der Waals surface area (Å²) >= 11 is 0. The van der Waals surface area contributed by atoms with Gasteiger partial charge < -0.3 is 18.9 Å². The molecule has 0 radical (unpaired) electrons. The van der Waals surface area contributed by atoms with Crippen molar-refractivity contribution >= 4 is 23.9 Å². The fourth-order valence-corrected chi connectivity index (χ4v) is 4.66. The van der Waals surface area contributed by atoms with Gasteiger partial charge in [-0.15, -0.1) is 0 Å². The molecule has 0 spiro atoms. The highest BCUT2D eigenvalue weighted by Gasteiger charge is 2.22. The third-order valence-electron chi connectivity index (χ3n) is 7.82. The van der Waals surface area contributed by atoms with E-state index < -0.39 is 23.9 Å². The third-order valence-corrected chi connectivity index (χ3v) is 7.82. The van der Waals surface area contributed by atoms with Gasteiger partial charge in [-0.25, -0.2) is 19.2 Å². The maximum atomic E-state index is 12.6. The largest absolute Gasteiger partial charge is 0.462 e. The highest BCUT2D eigenvalue weighted by molar-refractivity contribution is 6.03. The monoisotopic (exact) mass is 668 g/mol. The van der Waals surface area contributed by atoms with Gasteiger partial charge in [0.2, 0.25) is 0 Å². The second kappa shape index (κ2) is 24.5. The summed E-state index contributed by atoms with van der Waals surface area (Å²) < 4.78 is 21.4. The van der Waals surface area contributed by atoms with Crippen LogP contribution >= 0.6 is 0 Å². The van der Waals surface area contributed by atoms with E-state index in [1.54, 1.807) is 48.5 Å². The first kappa shape index (κ1) is 42.3. The van der Waals surface area contributed by atoms with E-state index in [9.17, 15) is 19.2 Å². The molecule has 268 valence electrons. The fourth-order valence-electron chi connectivity index (χ4n) is 4.66. The predicted octanol–water partition coefficient (Wildman–Crippen LogP) is 9.75. The quantitative estimate of drug-likeness (QED) is 0.101. The van der Waals surface area contributed by atoms with Gasteiger partial charge in [-0.2, -0.15) is 0 Å². The molecule has 0 heterocycles. The van der Waals surface area contributed by atoms with E-state index in [1.165, 1.54) is 0 Å². The zero-order valence-corrected chi connectivity index (χ0v) is 30.7. The number of carbonyl (C=O) groups is 4. The second-order valence-electron chi connectivity index (χ2n) is 13.1.